The predicted octanol–water partition coefficient (Wildman–Crippen LogP) is 4.55. The Hall–Kier alpha value is -1.74. The lowest BCUT2D eigenvalue weighted by Crippen LogP contribution is -1.97. The Morgan fingerprint density at radius 1 is 1.16 bits per heavy atom. The van der Waals surface area contributed by atoms with Gasteiger partial charge in [-0.15, -0.1) is 11.8 Å². The van der Waals surface area contributed by atoms with E-state index in [2.05, 4.69) is 19.1 Å². The third-order valence-electron chi connectivity index (χ3n) is 3.01. The maximum atomic E-state index is 11.0. The molecule has 0 saturated carbocycles. The molecule has 2 rings (SSSR count). The summed E-state index contributed by atoms with van der Waals surface area (Å²) in [7, 11) is 0. The first-order valence-corrected chi connectivity index (χ1v) is 7.01. The van der Waals surface area contributed by atoms with Crippen molar-refractivity contribution >= 4 is 17.7 Å². The number of thioether (sulfide) groups is 1. The minimum Gasteiger partial charge on any atom is -0.478 e. The second kappa shape index (κ2) is 5.93. The van der Waals surface area contributed by atoms with Gasteiger partial charge in [-0.1, -0.05) is 36.4 Å². The summed E-state index contributed by atoms with van der Waals surface area (Å²) < 4.78 is 0. The summed E-state index contributed by atoms with van der Waals surface area (Å²) in [4.78, 5) is 12.0. The average Bonchev–Trinajstić information content (AvgIpc) is 2.42. The molecule has 3 heteroatoms. The number of carbonyl (C=O) groups is 1. The maximum absolute atomic E-state index is 11.0. The third-order valence-corrected chi connectivity index (χ3v) is 4.33. The summed E-state index contributed by atoms with van der Waals surface area (Å²) in [6, 6.07) is 15.5. The van der Waals surface area contributed by atoms with Crippen molar-refractivity contribution in [3.8, 4) is 0 Å². The molecule has 2 aromatic rings. The lowest BCUT2D eigenvalue weighted by atomic mass is 10.1. The highest BCUT2D eigenvalue weighted by molar-refractivity contribution is 7.99. The molecule has 0 bridgehead atoms. The van der Waals surface area contributed by atoms with Gasteiger partial charge in [-0.3, -0.25) is 0 Å². The molecule has 0 amide bonds. The molecule has 19 heavy (non-hydrogen) atoms. The molecule has 0 saturated heterocycles. The van der Waals surface area contributed by atoms with Gasteiger partial charge in [-0.05, 0) is 37.1 Å². The minimum atomic E-state index is -0.880. The van der Waals surface area contributed by atoms with E-state index in [9.17, 15) is 4.79 Å². The van der Waals surface area contributed by atoms with E-state index in [-0.39, 0.29) is 0 Å². The number of hydrogen-bond donors (Lipinski definition) is 1. The highest BCUT2D eigenvalue weighted by atomic mass is 32.2. The van der Waals surface area contributed by atoms with Crippen molar-refractivity contribution in [3.05, 3.63) is 65.2 Å². The molecular formula is C16H16O2S. The van der Waals surface area contributed by atoms with Gasteiger partial charge >= 0.3 is 5.97 Å². The highest BCUT2D eigenvalue weighted by Gasteiger charge is 2.11. The summed E-state index contributed by atoms with van der Waals surface area (Å²) in [6.45, 7) is 4.14. The van der Waals surface area contributed by atoms with Crippen LogP contribution in [0.4, 0.5) is 0 Å². The van der Waals surface area contributed by atoms with Crippen molar-refractivity contribution in [2.24, 2.45) is 0 Å². The summed E-state index contributed by atoms with van der Waals surface area (Å²) >= 11 is 1.69. The molecule has 0 aromatic heterocycles. The molecule has 0 aliphatic rings. The normalized spacial score (nSPS) is 12.1. The zero-order valence-corrected chi connectivity index (χ0v) is 11.8. The van der Waals surface area contributed by atoms with Gasteiger partial charge in [0.15, 0.2) is 0 Å². The lowest BCUT2D eigenvalue weighted by Gasteiger charge is -2.14. The van der Waals surface area contributed by atoms with E-state index in [1.54, 1.807) is 23.9 Å². The van der Waals surface area contributed by atoms with E-state index in [1.807, 2.05) is 31.2 Å². The van der Waals surface area contributed by atoms with E-state index >= 15 is 0 Å². The van der Waals surface area contributed by atoms with Crippen LogP contribution in [0.25, 0.3) is 0 Å². The van der Waals surface area contributed by atoms with E-state index < -0.39 is 5.97 Å². The summed E-state index contributed by atoms with van der Waals surface area (Å²) in [5.74, 6) is -0.880. The molecule has 0 heterocycles. The van der Waals surface area contributed by atoms with Gasteiger partial charge in [-0.2, -0.15) is 0 Å². The molecule has 1 atom stereocenters. The van der Waals surface area contributed by atoms with Gasteiger partial charge in [0, 0.05) is 10.1 Å². The fraction of sp³-hybridized carbons (Fsp3) is 0.188. The number of benzene rings is 2. The monoisotopic (exact) mass is 272 g/mol. The van der Waals surface area contributed by atoms with Gasteiger partial charge in [0.25, 0.3) is 0 Å². The Kier molecular flexibility index (Phi) is 4.27. The first-order valence-electron chi connectivity index (χ1n) is 6.13. The smallest absolute Gasteiger partial charge is 0.335 e. The van der Waals surface area contributed by atoms with Crippen molar-refractivity contribution in [2.45, 2.75) is 24.0 Å². The molecule has 98 valence electrons. The quantitative estimate of drug-likeness (QED) is 0.830. The Labute approximate surface area is 117 Å². The van der Waals surface area contributed by atoms with Crippen LogP contribution < -0.4 is 0 Å². The van der Waals surface area contributed by atoms with Crippen molar-refractivity contribution < 1.29 is 9.90 Å². The van der Waals surface area contributed by atoms with Gasteiger partial charge in [0.1, 0.15) is 0 Å². The second-order valence-corrected chi connectivity index (χ2v) is 5.84. The van der Waals surface area contributed by atoms with Crippen LogP contribution in [0.2, 0.25) is 0 Å². The molecule has 1 N–H and O–H groups in total. The van der Waals surface area contributed by atoms with Crippen LogP contribution in [-0.2, 0) is 0 Å². The van der Waals surface area contributed by atoms with Crippen LogP contribution in [0, 0.1) is 6.92 Å². The first kappa shape index (κ1) is 13.7. The summed E-state index contributed by atoms with van der Waals surface area (Å²) in [5, 5.41) is 9.34. The minimum absolute atomic E-state index is 0.295. The summed E-state index contributed by atoms with van der Waals surface area (Å²) in [5.41, 5.74) is 2.69. The maximum Gasteiger partial charge on any atom is 0.335 e. The van der Waals surface area contributed by atoms with E-state index in [4.69, 9.17) is 5.11 Å². The Morgan fingerprint density at radius 2 is 1.84 bits per heavy atom. The number of carboxylic acids is 1. The Balaban J connectivity index is 2.23. The standard InChI is InChI=1S/C16H16O2S/c1-11-8-9-14(16(17)18)10-15(11)19-12(2)13-6-4-3-5-7-13/h3-10,12H,1-2H3,(H,17,18). The Bertz CT molecular complexity index is 579. The molecule has 0 spiro atoms. The van der Waals surface area contributed by atoms with E-state index in [1.165, 1.54) is 5.56 Å². The van der Waals surface area contributed by atoms with Gasteiger partial charge in [0.05, 0.1) is 5.56 Å². The van der Waals surface area contributed by atoms with Crippen LogP contribution in [0.1, 0.15) is 33.7 Å². The lowest BCUT2D eigenvalue weighted by molar-refractivity contribution is 0.0696. The van der Waals surface area contributed by atoms with Crippen molar-refractivity contribution in [2.75, 3.05) is 0 Å². The number of aromatic carboxylic acids is 1. The van der Waals surface area contributed by atoms with Gasteiger partial charge in [0.2, 0.25) is 0 Å². The number of carboxylic acid groups (broad SMARTS) is 1. The van der Waals surface area contributed by atoms with Crippen LogP contribution in [0.15, 0.2) is 53.4 Å². The number of rotatable bonds is 4. The fourth-order valence-corrected chi connectivity index (χ4v) is 2.97. The van der Waals surface area contributed by atoms with Gasteiger partial charge in [-0.25, -0.2) is 4.79 Å². The largest absolute Gasteiger partial charge is 0.478 e. The summed E-state index contributed by atoms with van der Waals surface area (Å²) in [6.07, 6.45) is 0. The third kappa shape index (κ3) is 3.38. The first-order chi connectivity index (χ1) is 9.08. The molecule has 0 aliphatic carbocycles. The van der Waals surface area contributed by atoms with E-state index in [0.29, 0.717) is 10.8 Å². The predicted molar refractivity (Wildman–Crippen MR) is 78.9 cm³/mol. The number of aryl methyl sites for hydroxylation is 1. The Morgan fingerprint density at radius 3 is 2.47 bits per heavy atom. The van der Waals surface area contributed by atoms with Crippen LogP contribution >= 0.6 is 11.8 Å². The fourth-order valence-electron chi connectivity index (χ4n) is 1.84. The van der Waals surface area contributed by atoms with Crippen LogP contribution in [0.3, 0.4) is 0 Å². The zero-order valence-electron chi connectivity index (χ0n) is 11.0. The zero-order chi connectivity index (χ0) is 13.8. The van der Waals surface area contributed by atoms with Crippen LogP contribution in [-0.4, -0.2) is 11.1 Å². The molecule has 2 nitrogen and oxygen atoms in total. The molecule has 0 radical (unpaired) electrons. The van der Waals surface area contributed by atoms with E-state index in [0.717, 1.165) is 10.5 Å². The molecule has 1 unspecified atom stereocenters. The SMILES string of the molecule is Cc1ccc(C(=O)O)cc1SC(C)c1ccccc1. The molecule has 2 aromatic carbocycles. The van der Waals surface area contributed by atoms with Gasteiger partial charge < -0.3 is 5.11 Å². The number of hydrogen-bond acceptors (Lipinski definition) is 2. The highest BCUT2D eigenvalue weighted by Crippen LogP contribution is 2.36. The molecule has 0 aliphatic heterocycles. The van der Waals surface area contributed by atoms with Crippen molar-refractivity contribution in [1.29, 1.82) is 0 Å². The topological polar surface area (TPSA) is 37.3 Å². The molecule has 0 fully saturated rings. The van der Waals surface area contributed by atoms with Crippen molar-refractivity contribution in [3.63, 3.8) is 0 Å². The average molecular weight is 272 g/mol. The van der Waals surface area contributed by atoms with Crippen molar-refractivity contribution in [1.82, 2.24) is 0 Å². The van der Waals surface area contributed by atoms with Crippen LogP contribution in [0.5, 0.6) is 0 Å². The second-order valence-electron chi connectivity index (χ2n) is 4.46. The molecular weight excluding hydrogens is 256 g/mol.